The Morgan fingerprint density at radius 3 is 1.91 bits per heavy atom. The number of hydrogen-bond donors (Lipinski definition) is 0. The summed E-state index contributed by atoms with van der Waals surface area (Å²) in [5, 5.41) is 0. The van der Waals surface area contributed by atoms with E-state index in [-0.39, 0.29) is 0 Å². The lowest BCUT2D eigenvalue weighted by Crippen LogP contribution is -2.55. The van der Waals surface area contributed by atoms with E-state index in [1.165, 1.54) is 32.6 Å². The van der Waals surface area contributed by atoms with Gasteiger partial charge in [-0.3, -0.25) is 0 Å². The van der Waals surface area contributed by atoms with Crippen molar-refractivity contribution in [1.29, 1.82) is 0 Å². The molecule has 3 heteroatoms. The van der Waals surface area contributed by atoms with Gasteiger partial charge in [0.05, 0.1) is 0 Å². The third-order valence-electron chi connectivity index (χ3n) is 2.76. The van der Waals surface area contributed by atoms with Crippen LogP contribution in [-0.2, 0) is 0 Å². The van der Waals surface area contributed by atoms with Crippen LogP contribution in [0.15, 0.2) is 0 Å². The zero-order valence-corrected chi connectivity index (χ0v) is 8.01. The van der Waals surface area contributed by atoms with E-state index in [0.29, 0.717) is 6.98 Å². The summed E-state index contributed by atoms with van der Waals surface area (Å²) in [6.07, 6.45) is 1.34. The van der Waals surface area contributed by atoms with E-state index in [9.17, 15) is 0 Å². The maximum absolute atomic E-state index is 2.53. The van der Waals surface area contributed by atoms with Crippen molar-refractivity contribution >= 4 is 6.98 Å². The minimum atomic E-state index is 0.666. The van der Waals surface area contributed by atoms with Crippen molar-refractivity contribution in [3.8, 4) is 0 Å². The van der Waals surface area contributed by atoms with Gasteiger partial charge in [-0.05, 0) is 32.6 Å². The zero-order valence-electron chi connectivity index (χ0n) is 8.01. The third-order valence-corrected chi connectivity index (χ3v) is 2.76. The summed E-state index contributed by atoms with van der Waals surface area (Å²) in [4.78, 5) is 5.07. The van der Waals surface area contributed by atoms with E-state index in [2.05, 4.69) is 30.3 Å². The fourth-order valence-electron chi connectivity index (χ4n) is 1.93. The van der Waals surface area contributed by atoms with Gasteiger partial charge in [-0.1, -0.05) is 20.7 Å². The minimum absolute atomic E-state index is 0.666. The van der Waals surface area contributed by atoms with Gasteiger partial charge in [-0.15, -0.1) is 0 Å². The van der Waals surface area contributed by atoms with E-state index < -0.39 is 0 Å². The SMILES string of the molecule is CCN1CCCN(CC)B1C. The van der Waals surface area contributed by atoms with Crippen molar-refractivity contribution in [2.75, 3.05) is 26.2 Å². The average molecular weight is 154 g/mol. The number of rotatable bonds is 2. The van der Waals surface area contributed by atoms with E-state index in [0.717, 1.165) is 0 Å². The quantitative estimate of drug-likeness (QED) is 0.550. The highest BCUT2D eigenvalue weighted by molar-refractivity contribution is 6.51. The highest BCUT2D eigenvalue weighted by Crippen LogP contribution is 2.09. The molecule has 0 atom stereocenters. The summed E-state index contributed by atoms with van der Waals surface area (Å²) < 4.78 is 0. The normalized spacial score (nSPS) is 22.6. The van der Waals surface area contributed by atoms with Gasteiger partial charge in [-0.2, -0.15) is 0 Å². The summed E-state index contributed by atoms with van der Waals surface area (Å²) in [6.45, 7) is 12.4. The van der Waals surface area contributed by atoms with Crippen LogP contribution in [0.4, 0.5) is 0 Å². The van der Waals surface area contributed by atoms with Crippen molar-refractivity contribution in [2.24, 2.45) is 0 Å². The van der Waals surface area contributed by atoms with Crippen LogP contribution in [0.1, 0.15) is 20.3 Å². The predicted octanol–water partition coefficient (Wildman–Crippen LogP) is 1.15. The lowest BCUT2D eigenvalue weighted by Gasteiger charge is -2.38. The molecule has 2 nitrogen and oxygen atoms in total. The van der Waals surface area contributed by atoms with Crippen LogP contribution in [0.3, 0.4) is 0 Å². The van der Waals surface area contributed by atoms with Crippen LogP contribution in [0, 0.1) is 0 Å². The second-order valence-corrected chi connectivity index (χ2v) is 3.24. The molecule has 0 aromatic carbocycles. The van der Waals surface area contributed by atoms with Gasteiger partial charge in [0, 0.05) is 0 Å². The molecule has 0 spiro atoms. The second kappa shape index (κ2) is 4.12. The largest absolute Gasteiger partial charge is 0.329 e. The van der Waals surface area contributed by atoms with Crippen molar-refractivity contribution < 1.29 is 0 Å². The molecule has 11 heavy (non-hydrogen) atoms. The first-order valence-corrected chi connectivity index (χ1v) is 4.77. The number of nitrogens with zero attached hydrogens (tertiary/aromatic N) is 2. The molecule has 1 fully saturated rings. The van der Waals surface area contributed by atoms with Crippen molar-refractivity contribution in [2.45, 2.75) is 27.1 Å². The molecule has 0 aliphatic carbocycles. The summed E-state index contributed by atoms with van der Waals surface area (Å²) in [5.74, 6) is 0. The summed E-state index contributed by atoms with van der Waals surface area (Å²) >= 11 is 0. The fraction of sp³-hybridized carbons (Fsp3) is 1.00. The molecule has 0 N–H and O–H groups in total. The monoisotopic (exact) mass is 154 g/mol. The molecule has 0 unspecified atom stereocenters. The molecule has 0 radical (unpaired) electrons. The fourth-order valence-corrected chi connectivity index (χ4v) is 1.93. The van der Waals surface area contributed by atoms with Crippen molar-refractivity contribution in [1.82, 2.24) is 9.62 Å². The Morgan fingerprint density at radius 1 is 1.09 bits per heavy atom. The molecular weight excluding hydrogens is 135 g/mol. The first-order chi connectivity index (χ1) is 5.29. The average Bonchev–Trinajstić information content (AvgIpc) is 2.05. The third kappa shape index (κ3) is 1.97. The Balaban J connectivity index is 2.45. The van der Waals surface area contributed by atoms with Gasteiger partial charge < -0.3 is 9.62 Å². The molecule has 0 aromatic rings. The summed E-state index contributed by atoms with van der Waals surface area (Å²) in [7, 11) is 0. The molecule has 0 saturated carbocycles. The lowest BCUT2D eigenvalue weighted by molar-refractivity contribution is 0.298. The number of hydrogen-bond acceptors (Lipinski definition) is 2. The van der Waals surface area contributed by atoms with Gasteiger partial charge in [-0.25, -0.2) is 0 Å². The molecular formula is C8H19BN2. The summed E-state index contributed by atoms with van der Waals surface area (Å²) in [5.41, 5.74) is 0. The van der Waals surface area contributed by atoms with Gasteiger partial charge in [0.1, 0.15) is 0 Å². The van der Waals surface area contributed by atoms with E-state index in [1.54, 1.807) is 0 Å². The van der Waals surface area contributed by atoms with E-state index in [4.69, 9.17) is 0 Å². The lowest BCUT2D eigenvalue weighted by atomic mass is 9.72. The zero-order chi connectivity index (χ0) is 8.27. The Bertz CT molecular complexity index is 107. The molecule has 64 valence electrons. The van der Waals surface area contributed by atoms with Crippen LogP contribution in [0.5, 0.6) is 0 Å². The molecule has 0 bridgehead atoms. The summed E-state index contributed by atoms with van der Waals surface area (Å²) in [6, 6.07) is 0. The van der Waals surface area contributed by atoms with Gasteiger partial charge in [0.25, 0.3) is 0 Å². The van der Waals surface area contributed by atoms with Gasteiger partial charge in [0.2, 0.25) is 0 Å². The molecule has 1 heterocycles. The molecule has 0 aromatic heterocycles. The molecule has 1 saturated heterocycles. The predicted molar refractivity (Wildman–Crippen MR) is 50.7 cm³/mol. The van der Waals surface area contributed by atoms with Crippen molar-refractivity contribution in [3.63, 3.8) is 0 Å². The Labute approximate surface area is 70.7 Å². The first kappa shape index (κ1) is 9.08. The van der Waals surface area contributed by atoms with E-state index >= 15 is 0 Å². The van der Waals surface area contributed by atoms with Crippen LogP contribution in [0.2, 0.25) is 6.82 Å². The Hall–Kier alpha value is -0.0151. The van der Waals surface area contributed by atoms with Crippen molar-refractivity contribution in [3.05, 3.63) is 0 Å². The van der Waals surface area contributed by atoms with E-state index in [1.807, 2.05) is 0 Å². The van der Waals surface area contributed by atoms with Crippen LogP contribution in [0.25, 0.3) is 0 Å². The smallest absolute Gasteiger partial charge is 0.307 e. The second-order valence-electron chi connectivity index (χ2n) is 3.24. The van der Waals surface area contributed by atoms with Crippen LogP contribution >= 0.6 is 0 Å². The molecule has 1 rings (SSSR count). The molecule has 0 amide bonds. The van der Waals surface area contributed by atoms with Gasteiger partial charge in [0.15, 0.2) is 0 Å². The van der Waals surface area contributed by atoms with Crippen LogP contribution in [-0.4, -0.2) is 42.8 Å². The topological polar surface area (TPSA) is 6.48 Å². The molecule has 1 aliphatic heterocycles. The Morgan fingerprint density at radius 2 is 1.55 bits per heavy atom. The van der Waals surface area contributed by atoms with Gasteiger partial charge >= 0.3 is 6.98 Å². The standard InChI is InChI=1S/C8H19BN2/c1-4-10-7-6-8-11(5-2)9(10)3/h4-8H2,1-3H3. The maximum Gasteiger partial charge on any atom is 0.307 e. The maximum atomic E-state index is 2.53. The highest BCUT2D eigenvalue weighted by Gasteiger charge is 2.26. The molecule has 1 aliphatic rings. The highest BCUT2D eigenvalue weighted by atomic mass is 15.2. The van der Waals surface area contributed by atoms with Crippen LogP contribution < -0.4 is 0 Å². The first-order valence-electron chi connectivity index (χ1n) is 4.77. The Kier molecular flexibility index (Phi) is 3.40. The minimum Gasteiger partial charge on any atom is -0.329 e.